The van der Waals surface area contributed by atoms with Crippen LogP contribution in [0.15, 0.2) is 24.3 Å². The van der Waals surface area contributed by atoms with E-state index in [0.29, 0.717) is 5.92 Å². The molecule has 0 saturated carbocycles. The monoisotopic (exact) mass is 321 g/mol. The summed E-state index contributed by atoms with van der Waals surface area (Å²) in [6.45, 7) is 15.1. The topological polar surface area (TPSA) is 40.5 Å². The lowest BCUT2D eigenvalue weighted by atomic mass is 9.96. The van der Waals surface area contributed by atoms with Gasteiger partial charge in [-0.1, -0.05) is 65.8 Å². The van der Waals surface area contributed by atoms with E-state index < -0.39 is 5.97 Å². The maximum atomic E-state index is 10.9. The molecule has 1 saturated heterocycles. The van der Waals surface area contributed by atoms with Crippen LogP contribution in [0.2, 0.25) is 0 Å². The molecular weight excluding hydrogens is 286 g/mol. The average molecular weight is 322 g/mol. The van der Waals surface area contributed by atoms with E-state index in [1.165, 1.54) is 11.1 Å². The molecule has 1 N–H and O–H groups in total. The standard InChI is InChI=1S/C16H23NO2.2C2H6/c1-12(2)14-5-3-13(4-6-14)11-17-9-7-15(8-10-17)16(18)19;2*1-2/h3-6,12,15H,7-11H2,1-2H3,(H,18,19);2*1-2H3. The second kappa shape index (κ2) is 12.1. The fraction of sp³-hybridized carbons (Fsp3) is 0.650. The number of likely N-dealkylation sites (tertiary alicyclic amines) is 1. The van der Waals surface area contributed by atoms with Crippen molar-refractivity contribution in [2.75, 3.05) is 13.1 Å². The maximum Gasteiger partial charge on any atom is 0.306 e. The molecule has 1 aliphatic rings. The molecule has 3 nitrogen and oxygen atoms in total. The lowest BCUT2D eigenvalue weighted by Gasteiger charge is -2.30. The van der Waals surface area contributed by atoms with Crippen LogP contribution in [-0.4, -0.2) is 29.1 Å². The Morgan fingerprint density at radius 2 is 1.57 bits per heavy atom. The van der Waals surface area contributed by atoms with Gasteiger partial charge >= 0.3 is 5.97 Å². The lowest BCUT2D eigenvalue weighted by Crippen LogP contribution is -2.35. The van der Waals surface area contributed by atoms with E-state index >= 15 is 0 Å². The molecule has 132 valence electrons. The Bertz CT molecular complexity index is 418. The summed E-state index contributed by atoms with van der Waals surface area (Å²) in [5, 5.41) is 8.98. The molecule has 0 amide bonds. The highest BCUT2D eigenvalue weighted by Gasteiger charge is 2.24. The molecule has 0 aromatic heterocycles. The fourth-order valence-electron chi connectivity index (χ4n) is 2.60. The number of piperidine rings is 1. The van der Waals surface area contributed by atoms with Crippen LogP contribution in [0.1, 0.15) is 71.4 Å². The summed E-state index contributed by atoms with van der Waals surface area (Å²) in [4.78, 5) is 13.3. The van der Waals surface area contributed by atoms with Crippen molar-refractivity contribution in [2.45, 2.75) is 66.8 Å². The predicted molar refractivity (Wildman–Crippen MR) is 98.9 cm³/mol. The summed E-state index contributed by atoms with van der Waals surface area (Å²) in [5.74, 6) is -0.208. The van der Waals surface area contributed by atoms with Gasteiger partial charge in [-0.15, -0.1) is 0 Å². The smallest absolute Gasteiger partial charge is 0.306 e. The van der Waals surface area contributed by atoms with E-state index in [-0.39, 0.29) is 5.92 Å². The number of benzene rings is 1. The lowest BCUT2D eigenvalue weighted by molar-refractivity contribution is -0.143. The highest BCUT2D eigenvalue weighted by atomic mass is 16.4. The quantitative estimate of drug-likeness (QED) is 0.832. The van der Waals surface area contributed by atoms with Crippen molar-refractivity contribution in [2.24, 2.45) is 5.92 Å². The molecule has 3 heteroatoms. The zero-order valence-electron chi connectivity index (χ0n) is 15.8. The van der Waals surface area contributed by atoms with Gasteiger partial charge < -0.3 is 5.11 Å². The van der Waals surface area contributed by atoms with Crippen molar-refractivity contribution < 1.29 is 9.90 Å². The zero-order chi connectivity index (χ0) is 17.8. The number of carboxylic acids is 1. The molecule has 0 bridgehead atoms. The SMILES string of the molecule is CC.CC.CC(C)c1ccc(CN2CCC(C(=O)O)CC2)cc1. The van der Waals surface area contributed by atoms with E-state index in [0.717, 1.165) is 32.5 Å². The summed E-state index contributed by atoms with van der Waals surface area (Å²) in [7, 11) is 0. The largest absolute Gasteiger partial charge is 0.481 e. The van der Waals surface area contributed by atoms with Gasteiger partial charge in [0, 0.05) is 6.54 Å². The van der Waals surface area contributed by atoms with Crippen LogP contribution in [0.25, 0.3) is 0 Å². The van der Waals surface area contributed by atoms with Gasteiger partial charge in [-0.2, -0.15) is 0 Å². The van der Waals surface area contributed by atoms with E-state index in [2.05, 4.69) is 43.0 Å². The van der Waals surface area contributed by atoms with Crippen molar-refractivity contribution >= 4 is 5.97 Å². The number of hydrogen-bond donors (Lipinski definition) is 1. The molecule has 1 fully saturated rings. The molecular formula is C20H35NO2. The van der Waals surface area contributed by atoms with Crippen molar-refractivity contribution in [1.29, 1.82) is 0 Å². The highest BCUT2D eigenvalue weighted by Crippen LogP contribution is 2.20. The van der Waals surface area contributed by atoms with Gasteiger partial charge in [-0.3, -0.25) is 9.69 Å². The Hall–Kier alpha value is -1.35. The first-order chi connectivity index (χ1) is 11.1. The normalized spacial score (nSPS) is 15.3. The molecule has 2 rings (SSSR count). The average Bonchev–Trinajstić information content (AvgIpc) is 2.59. The Morgan fingerprint density at radius 1 is 1.09 bits per heavy atom. The fourth-order valence-corrected chi connectivity index (χ4v) is 2.60. The Morgan fingerprint density at radius 3 is 1.96 bits per heavy atom. The van der Waals surface area contributed by atoms with E-state index in [4.69, 9.17) is 5.11 Å². The van der Waals surface area contributed by atoms with Crippen molar-refractivity contribution in [1.82, 2.24) is 4.90 Å². The first-order valence-corrected chi connectivity index (χ1v) is 9.10. The maximum absolute atomic E-state index is 10.9. The third-order valence-corrected chi connectivity index (χ3v) is 3.99. The van der Waals surface area contributed by atoms with Crippen molar-refractivity contribution in [3.63, 3.8) is 0 Å². The Balaban J connectivity index is 0.00000112. The van der Waals surface area contributed by atoms with Gasteiger partial charge in [0.1, 0.15) is 0 Å². The summed E-state index contributed by atoms with van der Waals surface area (Å²) < 4.78 is 0. The minimum absolute atomic E-state index is 0.139. The predicted octanol–water partition coefficient (Wildman–Crippen LogP) is 5.16. The minimum Gasteiger partial charge on any atom is -0.481 e. The van der Waals surface area contributed by atoms with Gasteiger partial charge in [0.15, 0.2) is 0 Å². The number of hydrogen-bond acceptors (Lipinski definition) is 2. The zero-order valence-corrected chi connectivity index (χ0v) is 15.8. The van der Waals surface area contributed by atoms with Gasteiger partial charge in [0.25, 0.3) is 0 Å². The number of carbonyl (C=O) groups is 1. The second-order valence-corrected chi connectivity index (χ2v) is 5.78. The van der Waals surface area contributed by atoms with Crippen LogP contribution in [-0.2, 0) is 11.3 Å². The molecule has 0 radical (unpaired) electrons. The Labute approximate surface area is 142 Å². The summed E-state index contributed by atoms with van der Waals surface area (Å²) >= 11 is 0. The van der Waals surface area contributed by atoms with Gasteiger partial charge in [-0.25, -0.2) is 0 Å². The summed E-state index contributed by atoms with van der Waals surface area (Å²) in [5.41, 5.74) is 2.69. The molecule has 0 atom stereocenters. The van der Waals surface area contributed by atoms with Crippen LogP contribution in [0.5, 0.6) is 0 Å². The molecule has 1 heterocycles. The van der Waals surface area contributed by atoms with E-state index in [9.17, 15) is 4.79 Å². The molecule has 1 aliphatic heterocycles. The highest BCUT2D eigenvalue weighted by molar-refractivity contribution is 5.70. The van der Waals surface area contributed by atoms with Gasteiger partial charge in [0.05, 0.1) is 5.92 Å². The number of nitrogens with zero attached hydrogens (tertiary/aromatic N) is 1. The van der Waals surface area contributed by atoms with Crippen molar-refractivity contribution in [3.8, 4) is 0 Å². The second-order valence-electron chi connectivity index (χ2n) is 5.78. The molecule has 1 aromatic carbocycles. The third kappa shape index (κ3) is 7.65. The number of aliphatic carboxylic acids is 1. The first kappa shape index (κ1) is 21.6. The molecule has 0 spiro atoms. The van der Waals surface area contributed by atoms with Crippen LogP contribution < -0.4 is 0 Å². The van der Waals surface area contributed by atoms with E-state index in [1.54, 1.807) is 0 Å². The van der Waals surface area contributed by atoms with Gasteiger partial charge in [-0.05, 0) is 43.0 Å². The van der Waals surface area contributed by atoms with Crippen LogP contribution in [0.3, 0.4) is 0 Å². The van der Waals surface area contributed by atoms with Crippen LogP contribution >= 0.6 is 0 Å². The number of carboxylic acid groups (broad SMARTS) is 1. The summed E-state index contributed by atoms with van der Waals surface area (Å²) in [6, 6.07) is 8.78. The van der Waals surface area contributed by atoms with E-state index in [1.807, 2.05) is 27.7 Å². The van der Waals surface area contributed by atoms with Crippen molar-refractivity contribution in [3.05, 3.63) is 35.4 Å². The van der Waals surface area contributed by atoms with Crippen LogP contribution in [0.4, 0.5) is 0 Å². The molecule has 1 aromatic rings. The van der Waals surface area contributed by atoms with Gasteiger partial charge in [0.2, 0.25) is 0 Å². The molecule has 0 aliphatic carbocycles. The Kier molecular flexibility index (Phi) is 11.4. The molecule has 0 unspecified atom stereocenters. The first-order valence-electron chi connectivity index (χ1n) is 9.10. The summed E-state index contributed by atoms with van der Waals surface area (Å²) in [6.07, 6.45) is 1.55. The number of rotatable bonds is 4. The molecule has 23 heavy (non-hydrogen) atoms. The minimum atomic E-state index is -0.638. The van der Waals surface area contributed by atoms with Crippen LogP contribution in [0, 0.1) is 5.92 Å². The third-order valence-electron chi connectivity index (χ3n) is 3.99.